The van der Waals surface area contributed by atoms with E-state index in [2.05, 4.69) is 39.0 Å². The Bertz CT molecular complexity index is 368. The van der Waals surface area contributed by atoms with Crippen LogP contribution in [0.5, 0.6) is 0 Å². The normalized spacial score (nSPS) is 17.9. The summed E-state index contributed by atoms with van der Waals surface area (Å²) in [5.41, 5.74) is 10.1. The Kier molecular flexibility index (Phi) is 2.96. The Morgan fingerprint density at radius 1 is 1.12 bits per heavy atom. The van der Waals surface area contributed by atoms with Crippen LogP contribution < -0.4 is 5.73 Å². The summed E-state index contributed by atoms with van der Waals surface area (Å²) in [6, 6.07) is 6.68. The van der Waals surface area contributed by atoms with Crippen LogP contribution in [0.15, 0.2) is 18.2 Å². The monoisotopic (exact) mass is 217 g/mol. The van der Waals surface area contributed by atoms with Crippen LogP contribution in [0, 0.1) is 0 Å². The molecule has 0 amide bonds. The second-order valence-corrected chi connectivity index (χ2v) is 6.08. The number of rotatable bonds is 1. The molecular formula is C15H23N. The van der Waals surface area contributed by atoms with E-state index in [4.69, 9.17) is 5.73 Å². The molecule has 1 heteroatoms. The fourth-order valence-corrected chi connectivity index (χ4v) is 2.65. The third kappa shape index (κ3) is 2.23. The molecule has 0 atom stereocenters. The van der Waals surface area contributed by atoms with Gasteiger partial charge in [-0.1, -0.05) is 45.7 Å². The van der Waals surface area contributed by atoms with E-state index in [0.717, 1.165) is 5.69 Å². The first-order chi connectivity index (χ1) is 7.48. The average Bonchev–Trinajstić information content (AvgIpc) is 2.69. The third-order valence-electron chi connectivity index (χ3n) is 3.75. The summed E-state index contributed by atoms with van der Waals surface area (Å²) >= 11 is 0. The maximum absolute atomic E-state index is 6.20. The van der Waals surface area contributed by atoms with Gasteiger partial charge in [0.05, 0.1) is 0 Å². The molecule has 0 radical (unpaired) electrons. The number of nitrogen functional groups attached to an aromatic ring is 1. The minimum atomic E-state index is 0.197. The van der Waals surface area contributed by atoms with Crippen LogP contribution in [0.3, 0.4) is 0 Å². The highest BCUT2D eigenvalue weighted by atomic mass is 14.6. The van der Waals surface area contributed by atoms with E-state index in [9.17, 15) is 0 Å². The molecule has 0 saturated heterocycles. The zero-order valence-corrected chi connectivity index (χ0v) is 10.7. The molecule has 2 N–H and O–H groups in total. The lowest BCUT2D eigenvalue weighted by Crippen LogP contribution is -2.12. The summed E-state index contributed by atoms with van der Waals surface area (Å²) in [5.74, 6) is 0.717. The molecule has 0 aliphatic heterocycles. The van der Waals surface area contributed by atoms with Crippen molar-refractivity contribution in [1.82, 2.24) is 0 Å². The predicted molar refractivity (Wildman–Crippen MR) is 70.8 cm³/mol. The van der Waals surface area contributed by atoms with Crippen molar-refractivity contribution in [2.75, 3.05) is 5.73 Å². The number of hydrogen-bond donors (Lipinski definition) is 1. The summed E-state index contributed by atoms with van der Waals surface area (Å²) < 4.78 is 0. The number of benzene rings is 1. The summed E-state index contributed by atoms with van der Waals surface area (Å²) in [6.45, 7) is 6.70. The van der Waals surface area contributed by atoms with Crippen molar-refractivity contribution in [2.24, 2.45) is 0 Å². The van der Waals surface area contributed by atoms with E-state index >= 15 is 0 Å². The number of anilines is 1. The maximum Gasteiger partial charge on any atom is 0.0352 e. The third-order valence-corrected chi connectivity index (χ3v) is 3.75. The fraction of sp³-hybridized carbons (Fsp3) is 0.600. The molecule has 0 spiro atoms. The molecule has 1 aromatic rings. The van der Waals surface area contributed by atoms with Crippen molar-refractivity contribution in [3.05, 3.63) is 29.3 Å². The lowest BCUT2D eigenvalue weighted by atomic mass is 9.84. The molecule has 16 heavy (non-hydrogen) atoms. The van der Waals surface area contributed by atoms with Crippen LogP contribution in [0.25, 0.3) is 0 Å². The van der Waals surface area contributed by atoms with E-state index in [1.165, 1.54) is 36.8 Å². The van der Waals surface area contributed by atoms with Crippen molar-refractivity contribution in [3.63, 3.8) is 0 Å². The highest BCUT2D eigenvalue weighted by Gasteiger charge is 2.21. The van der Waals surface area contributed by atoms with E-state index in [0.29, 0.717) is 5.92 Å². The first kappa shape index (κ1) is 11.5. The van der Waals surface area contributed by atoms with Crippen molar-refractivity contribution in [2.45, 2.75) is 57.8 Å². The predicted octanol–water partition coefficient (Wildman–Crippen LogP) is 4.22. The Labute approximate surface area is 99.0 Å². The van der Waals surface area contributed by atoms with E-state index in [1.54, 1.807) is 0 Å². The van der Waals surface area contributed by atoms with Crippen LogP contribution in [0.2, 0.25) is 0 Å². The Hall–Kier alpha value is -0.980. The van der Waals surface area contributed by atoms with Crippen molar-refractivity contribution in [3.8, 4) is 0 Å². The van der Waals surface area contributed by atoms with Crippen LogP contribution in [0.1, 0.15) is 63.5 Å². The first-order valence-corrected chi connectivity index (χ1v) is 6.38. The van der Waals surface area contributed by atoms with Gasteiger partial charge in [-0.2, -0.15) is 0 Å². The van der Waals surface area contributed by atoms with Crippen LogP contribution >= 0.6 is 0 Å². The van der Waals surface area contributed by atoms with Gasteiger partial charge in [-0.15, -0.1) is 0 Å². The van der Waals surface area contributed by atoms with Crippen LogP contribution in [0.4, 0.5) is 5.69 Å². The zero-order valence-electron chi connectivity index (χ0n) is 10.7. The van der Waals surface area contributed by atoms with Gasteiger partial charge in [-0.25, -0.2) is 0 Å². The standard InChI is InChI=1S/C15H23N/c1-15(2,3)12-8-9-13(14(16)10-12)11-6-4-5-7-11/h8-11H,4-7,16H2,1-3H3. The molecule has 1 nitrogen and oxygen atoms in total. The average molecular weight is 217 g/mol. The molecular weight excluding hydrogens is 194 g/mol. The van der Waals surface area contributed by atoms with Crippen molar-refractivity contribution in [1.29, 1.82) is 0 Å². The van der Waals surface area contributed by atoms with Crippen LogP contribution in [-0.4, -0.2) is 0 Å². The largest absolute Gasteiger partial charge is 0.398 e. The van der Waals surface area contributed by atoms with Crippen LogP contribution in [-0.2, 0) is 5.41 Å². The fourth-order valence-electron chi connectivity index (χ4n) is 2.65. The SMILES string of the molecule is CC(C)(C)c1ccc(C2CCCC2)c(N)c1. The highest BCUT2D eigenvalue weighted by Crippen LogP contribution is 2.38. The van der Waals surface area contributed by atoms with Gasteiger partial charge in [-0.3, -0.25) is 0 Å². The van der Waals surface area contributed by atoms with Gasteiger partial charge >= 0.3 is 0 Å². The molecule has 1 aromatic carbocycles. The van der Waals surface area contributed by atoms with Gasteiger partial charge in [0.15, 0.2) is 0 Å². The molecule has 1 aliphatic carbocycles. The Balaban J connectivity index is 2.29. The minimum absolute atomic E-state index is 0.197. The van der Waals surface area contributed by atoms with Gasteiger partial charge in [0.1, 0.15) is 0 Å². The molecule has 0 unspecified atom stereocenters. The second-order valence-electron chi connectivity index (χ2n) is 6.08. The second kappa shape index (κ2) is 4.12. The van der Waals surface area contributed by atoms with Gasteiger partial charge in [0.2, 0.25) is 0 Å². The summed E-state index contributed by atoms with van der Waals surface area (Å²) in [6.07, 6.45) is 5.37. The van der Waals surface area contributed by atoms with E-state index in [-0.39, 0.29) is 5.41 Å². The smallest absolute Gasteiger partial charge is 0.0352 e. The van der Waals surface area contributed by atoms with Gasteiger partial charge < -0.3 is 5.73 Å². The van der Waals surface area contributed by atoms with E-state index < -0.39 is 0 Å². The topological polar surface area (TPSA) is 26.0 Å². The summed E-state index contributed by atoms with van der Waals surface area (Å²) in [5, 5.41) is 0. The quantitative estimate of drug-likeness (QED) is 0.700. The highest BCUT2D eigenvalue weighted by molar-refractivity contribution is 5.52. The minimum Gasteiger partial charge on any atom is -0.398 e. The zero-order chi connectivity index (χ0) is 11.8. The lowest BCUT2D eigenvalue weighted by molar-refractivity contribution is 0.589. The molecule has 88 valence electrons. The maximum atomic E-state index is 6.20. The first-order valence-electron chi connectivity index (χ1n) is 6.38. The lowest BCUT2D eigenvalue weighted by Gasteiger charge is -2.21. The molecule has 0 bridgehead atoms. The Morgan fingerprint density at radius 2 is 1.75 bits per heavy atom. The summed E-state index contributed by atoms with van der Waals surface area (Å²) in [7, 11) is 0. The molecule has 0 aromatic heterocycles. The molecule has 0 heterocycles. The Morgan fingerprint density at radius 3 is 2.25 bits per heavy atom. The molecule has 1 aliphatic rings. The summed E-state index contributed by atoms with van der Waals surface area (Å²) in [4.78, 5) is 0. The number of nitrogens with two attached hydrogens (primary N) is 1. The molecule has 1 fully saturated rings. The van der Waals surface area contributed by atoms with Gasteiger partial charge in [-0.05, 0) is 41.4 Å². The van der Waals surface area contributed by atoms with Gasteiger partial charge in [0, 0.05) is 5.69 Å². The van der Waals surface area contributed by atoms with E-state index in [1.807, 2.05) is 0 Å². The molecule has 1 saturated carbocycles. The van der Waals surface area contributed by atoms with Crippen molar-refractivity contribution < 1.29 is 0 Å². The van der Waals surface area contributed by atoms with Crippen molar-refractivity contribution >= 4 is 5.69 Å². The number of hydrogen-bond acceptors (Lipinski definition) is 1. The molecule has 2 rings (SSSR count). The van der Waals surface area contributed by atoms with Gasteiger partial charge in [0.25, 0.3) is 0 Å².